The zero-order valence-corrected chi connectivity index (χ0v) is 29.2. The van der Waals surface area contributed by atoms with E-state index in [1.54, 1.807) is 0 Å². The van der Waals surface area contributed by atoms with Gasteiger partial charge in [0.25, 0.3) is 0 Å². The Bertz CT molecular complexity index is 2160. The lowest BCUT2D eigenvalue weighted by Gasteiger charge is -2.27. The standard InChI is InChI=1S/C50H43N/c1-37-26-31-43(32-27-37)46(42-20-9-4-10-21-42)22-11-14-38-28-33-44(34-29-38)51-49-25-13-24-47(49)48-36-39(30-35-50(48)51)15-12-23-45(40-16-5-2-6-17-40)41-18-7-3-8-19-41/h2-12,14-23,26-36,47,49H,13,24-25H2,1H3. The van der Waals surface area contributed by atoms with Gasteiger partial charge in [-0.25, -0.2) is 0 Å². The molecule has 6 aromatic rings. The van der Waals surface area contributed by atoms with Crippen molar-refractivity contribution in [1.82, 2.24) is 0 Å². The van der Waals surface area contributed by atoms with Crippen molar-refractivity contribution in [2.45, 2.75) is 38.1 Å². The molecule has 0 saturated heterocycles. The molecule has 1 saturated carbocycles. The van der Waals surface area contributed by atoms with Crippen LogP contribution in [-0.2, 0) is 0 Å². The van der Waals surface area contributed by atoms with Gasteiger partial charge in [0, 0.05) is 23.3 Å². The van der Waals surface area contributed by atoms with Crippen LogP contribution in [0.5, 0.6) is 0 Å². The molecule has 6 aromatic carbocycles. The molecular formula is C50H43N. The highest BCUT2D eigenvalue weighted by molar-refractivity contribution is 5.83. The third-order valence-electron chi connectivity index (χ3n) is 10.4. The van der Waals surface area contributed by atoms with Crippen molar-refractivity contribution >= 4 is 34.7 Å². The first kappa shape index (κ1) is 32.3. The molecule has 1 fully saturated rings. The number of hydrogen-bond acceptors (Lipinski definition) is 1. The van der Waals surface area contributed by atoms with Gasteiger partial charge in [0.1, 0.15) is 0 Å². The minimum Gasteiger partial charge on any atom is -0.338 e. The number of aryl methyl sites for hydroxylation is 1. The topological polar surface area (TPSA) is 3.24 Å². The lowest BCUT2D eigenvalue weighted by atomic mass is 9.95. The van der Waals surface area contributed by atoms with Crippen molar-refractivity contribution in [2.24, 2.45) is 0 Å². The van der Waals surface area contributed by atoms with Crippen LogP contribution in [0.25, 0.3) is 23.3 Å². The van der Waals surface area contributed by atoms with Crippen LogP contribution in [0.2, 0.25) is 0 Å². The third-order valence-corrected chi connectivity index (χ3v) is 10.4. The van der Waals surface area contributed by atoms with Crippen molar-refractivity contribution in [1.29, 1.82) is 0 Å². The molecule has 1 aliphatic heterocycles. The number of anilines is 2. The Morgan fingerprint density at radius 3 is 1.61 bits per heavy atom. The fourth-order valence-electron chi connectivity index (χ4n) is 7.88. The Balaban J connectivity index is 1.03. The van der Waals surface area contributed by atoms with Gasteiger partial charge in [0.2, 0.25) is 0 Å². The van der Waals surface area contributed by atoms with Gasteiger partial charge < -0.3 is 4.90 Å². The normalized spacial score (nSPS) is 16.8. The molecule has 0 radical (unpaired) electrons. The van der Waals surface area contributed by atoms with Crippen LogP contribution < -0.4 is 4.90 Å². The number of benzene rings is 6. The van der Waals surface area contributed by atoms with Gasteiger partial charge in [-0.15, -0.1) is 0 Å². The van der Waals surface area contributed by atoms with Crippen LogP contribution in [0.3, 0.4) is 0 Å². The van der Waals surface area contributed by atoms with E-state index >= 15 is 0 Å². The fourth-order valence-corrected chi connectivity index (χ4v) is 7.88. The Hall–Kier alpha value is -5.92. The van der Waals surface area contributed by atoms with Crippen LogP contribution in [-0.4, -0.2) is 6.04 Å². The van der Waals surface area contributed by atoms with Gasteiger partial charge in [-0.05, 0) is 94.1 Å². The van der Waals surface area contributed by atoms with E-state index in [1.807, 2.05) is 0 Å². The molecule has 8 rings (SSSR count). The summed E-state index contributed by atoms with van der Waals surface area (Å²) in [6.45, 7) is 2.13. The quantitative estimate of drug-likeness (QED) is 0.140. The smallest absolute Gasteiger partial charge is 0.0450 e. The molecule has 2 unspecified atom stereocenters. The molecule has 1 aliphatic carbocycles. The minimum absolute atomic E-state index is 0.522. The summed E-state index contributed by atoms with van der Waals surface area (Å²) in [6, 6.07) is 57.5. The lowest BCUT2D eigenvalue weighted by molar-refractivity contribution is 0.642. The van der Waals surface area contributed by atoms with E-state index in [9.17, 15) is 0 Å². The van der Waals surface area contributed by atoms with Crippen LogP contribution in [0.4, 0.5) is 11.4 Å². The predicted octanol–water partition coefficient (Wildman–Crippen LogP) is 13.1. The fraction of sp³-hybridized carbons (Fsp3) is 0.120. The van der Waals surface area contributed by atoms with Gasteiger partial charge in [-0.2, -0.15) is 0 Å². The SMILES string of the molecule is Cc1ccc(C(=CC=Cc2ccc(N3c4ccc(C=CC=C(c5ccccc5)c5ccccc5)cc4C4CCCC43)cc2)c2ccccc2)cc1. The molecule has 1 heteroatoms. The zero-order chi connectivity index (χ0) is 34.4. The molecule has 0 bridgehead atoms. The highest BCUT2D eigenvalue weighted by atomic mass is 15.2. The summed E-state index contributed by atoms with van der Waals surface area (Å²) in [5.41, 5.74) is 15.2. The summed E-state index contributed by atoms with van der Waals surface area (Å²) in [6.07, 6.45) is 17.1. The van der Waals surface area contributed by atoms with E-state index in [1.165, 1.54) is 86.3 Å². The molecule has 1 heterocycles. The minimum atomic E-state index is 0.522. The Morgan fingerprint density at radius 1 is 0.529 bits per heavy atom. The summed E-state index contributed by atoms with van der Waals surface area (Å²) in [4.78, 5) is 2.61. The molecule has 0 aromatic heterocycles. The molecule has 51 heavy (non-hydrogen) atoms. The van der Waals surface area contributed by atoms with Crippen molar-refractivity contribution in [2.75, 3.05) is 4.90 Å². The monoisotopic (exact) mass is 657 g/mol. The largest absolute Gasteiger partial charge is 0.338 e. The number of fused-ring (bicyclic) bond motifs is 3. The Labute approximate surface area is 303 Å². The van der Waals surface area contributed by atoms with Gasteiger partial charge in [0.15, 0.2) is 0 Å². The highest BCUT2D eigenvalue weighted by Gasteiger charge is 2.42. The van der Waals surface area contributed by atoms with E-state index in [-0.39, 0.29) is 0 Å². The molecular weight excluding hydrogens is 615 g/mol. The Kier molecular flexibility index (Phi) is 9.44. The molecule has 0 amide bonds. The summed E-state index contributed by atoms with van der Waals surface area (Å²) in [7, 11) is 0. The molecule has 248 valence electrons. The molecule has 2 aliphatic rings. The van der Waals surface area contributed by atoms with E-state index in [0.29, 0.717) is 12.0 Å². The van der Waals surface area contributed by atoms with Crippen LogP contribution >= 0.6 is 0 Å². The molecule has 0 spiro atoms. The number of allylic oxidation sites excluding steroid dienone is 4. The highest BCUT2D eigenvalue weighted by Crippen LogP contribution is 2.52. The molecule has 2 atom stereocenters. The second kappa shape index (κ2) is 14.9. The average Bonchev–Trinajstić information content (AvgIpc) is 3.78. The second-order valence-electron chi connectivity index (χ2n) is 13.7. The van der Waals surface area contributed by atoms with Gasteiger partial charge >= 0.3 is 0 Å². The van der Waals surface area contributed by atoms with Crippen LogP contribution in [0, 0.1) is 6.92 Å². The lowest BCUT2D eigenvalue weighted by Crippen LogP contribution is -2.26. The van der Waals surface area contributed by atoms with Crippen LogP contribution in [0.15, 0.2) is 182 Å². The first-order valence-corrected chi connectivity index (χ1v) is 18.2. The number of nitrogens with zero attached hydrogens (tertiary/aromatic N) is 1. The van der Waals surface area contributed by atoms with Crippen molar-refractivity contribution in [3.63, 3.8) is 0 Å². The van der Waals surface area contributed by atoms with Gasteiger partial charge in [-0.3, -0.25) is 0 Å². The Morgan fingerprint density at radius 2 is 1.04 bits per heavy atom. The number of hydrogen-bond donors (Lipinski definition) is 0. The summed E-state index contributed by atoms with van der Waals surface area (Å²) < 4.78 is 0. The van der Waals surface area contributed by atoms with E-state index in [4.69, 9.17) is 0 Å². The maximum atomic E-state index is 2.61. The first-order valence-electron chi connectivity index (χ1n) is 18.2. The van der Waals surface area contributed by atoms with Gasteiger partial charge in [-0.1, -0.05) is 182 Å². The zero-order valence-electron chi connectivity index (χ0n) is 29.2. The van der Waals surface area contributed by atoms with E-state index in [0.717, 1.165) is 0 Å². The maximum Gasteiger partial charge on any atom is 0.0450 e. The molecule has 1 nitrogen and oxygen atoms in total. The summed E-state index contributed by atoms with van der Waals surface area (Å²) in [5.74, 6) is 0.580. The summed E-state index contributed by atoms with van der Waals surface area (Å²) >= 11 is 0. The van der Waals surface area contributed by atoms with Crippen LogP contribution in [0.1, 0.15) is 69.7 Å². The average molecular weight is 658 g/mol. The summed E-state index contributed by atoms with van der Waals surface area (Å²) in [5, 5.41) is 0. The van der Waals surface area contributed by atoms with Gasteiger partial charge in [0.05, 0.1) is 0 Å². The first-order chi connectivity index (χ1) is 25.2. The number of rotatable bonds is 9. The third kappa shape index (κ3) is 7.07. The predicted molar refractivity (Wildman–Crippen MR) is 218 cm³/mol. The van der Waals surface area contributed by atoms with E-state index < -0.39 is 0 Å². The van der Waals surface area contributed by atoms with Crippen molar-refractivity contribution in [3.8, 4) is 0 Å². The van der Waals surface area contributed by atoms with Crippen molar-refractivity contribution < 1.29 is 0 Å². The molecule has 0 N–H and O–H groups in total. The second-order valence-corrected chi connectivity index (χ2v) is 13.7. The van der Waals surface area contributed by atoms with E-state index in [2.05, 4.69) is 206 Å². The van der Waals surface area contributed by atoms with Crippen molar-refractivity contribution in [3.05, 3.63) is 227 Å². The maximum absolute atomic E-state index is 2.61.